The van der Waals surface area contributed by atoms with Gasteiger partial charge in [-0.15, -0.1) is 24.8 Å². The lowest BCUT2D eigenvalue weighted by atomic mass is 10.2. The highest BCUT2D eigenvalue weighted by molar-refractivity contribution is 5.85. The average molecular weight is 368 g/mol. The summed E-state index contributed by atoms with van der Waals surface area (Å²) >= 11 is 0. The van der Waals surface area contributed by atoms with Gasteiger partial charge in [-0.25, -0.2) is 4.39 Å². The number of hydrogen-bond acceptors (Lipinski definition) is 4. The first-order chi connectivity index (χ1) is 10.2. The molecule has 1 aromatic carbocycles. The molecule has 0 radical (unpaired) electrons. The largest absolute Gasteiger partial charge is 0.380 e. The normalized spacial score (nSPS) is 15.4. The van der Waals surface area contributed by atoms with E-state index < -0.39 is 0 Å². The molecule has 0 aliphatic carbocycles. The standard InChI is InChI=1S/C15H22FN3O2.2ClH/c1-21-12(11-17)10-15(20)19-8-6-18(7-9-19)14-5-3-2-4-13(14)16;;/h2-5,12H,6-11,17H2,1H3;2*1H. The highest BCUT2D eigenvalue weighted by atomic mass is 35.5. The van der Waals surface area contributed by atoms with Crippen molar-refractivity contribution in [3.8, 4) is 0 Å². The quantitative estimate of drug-likeness (QED) is 0.859. The molecule has 1 heterocycles. The summed E-state index contributed by atoms with van der Waals surface area (Å²) in [5.74, 6) is -0.180. The second-order valence-electron chi connectivity index (χ2n) is 5.12. The maximum absolute atomic E-state index is 13.7. The number of halogens is 3. The Morgan fingerprint density at radius 2 is 1.87 bits per heavy atom. The highest BCUT2D eigenvalue weighted by Gasteiger charge is 2.24. The molecule has 1 fully saturated rings. The van der Waals surface area contributed by atoms with Gasteiger partial charge >= 0.3 is 0 Å². The highest BCUT2D eigenvalue weighted by Crippen LogP contribution is 2.20. The number of methoxy groups -OCH3 is 1. The number of ether oxygens (including phenoxy) is 1. The molecule has 8 heteroatoms. The fourth-order valence-corrected chi connectivity index (χ4v) is 2.49. The van der Waals surface area contributed by atoms with Crippen LogP contribution in [0.25, 0.3) is 0 Å². The van der Waals surface area contributed by atoms with Crippen LogP contribution in [-0.2, 0) is 9.53 Å². The van der Waals surface area contributed by atoms with E-state index in [9.17, 15) is 9.18 Å². The lowest BCUT2D eigenvalue weighted by Crippen LogP contribution is -2.49. The summed E-state index contributed by atoms with van der Waals surface area (Å²) in [5, 5.41) is 0. The minimum Gasteiger partial charge on any atom is -0.380 e. The Balaban J connectivity index is 0.00000242. The maximum atomic E-state index is 13.7. The zero-order chi connectivity index (χ0) is 15.2. The lowest BCUT2D eigenvalue weighted by Gasteiger charge is -2.36. The zero-order valence-corrected chi connectivity index (χ0v) is 14.7. The van der Waals surface area contributed by atoms with Crippen LogP contribution in [0, 0.1) is 5.82 Å². The second kappa shape index (κ2) is 10.6. The SMILES string of the molecule is COC(CN)CC(=O)N1CCN(c2ccccc2F)CC1.Cl.Cl. The Hall–Kier alpha value is -1.08. The number of carbonyl (C=O) groups is 1. The van der Waals surface area contributed by atoms with E-state index >= 15 is 0 Å². The van der Waals surface area contributed by atoms with Gasteiger partial charge in [0.1, 0.15) is 5.82 Å². The molecule has 1 unspecified atom stereocenters. The van der Waals surface area contributed by atoms with Gasteiger partial charge in [0, 0.05) is 39.8 Å². The minimum absolute atomic E-state index is 0. The van der Waals surface area contributed by atoms with Crippen molar-refractivity contribution in [2.45, 2.75) is 12.5 Å². The van der Waals surface area contributed by atoms with Crippen LogP contribution in [0.4, 0.5) is 10.1 Å². The van der Waals surface area contributed by atoms with E-state index in [1.165, 1.54) is 6.07 Å². The van der Waals surface area contributed by atoms with Crippen LogP contribution in [0.15, 0.2) is 24.3 Å². The van der Waals surface area contributed by atoms with Crippen LogP contribution < -0.4 is 10.6 Å². The van der Waals surface area contributed by atoms with Crippen molar-refractivity contribution < 1.29 is 13.9 Å². The van der Waals surface area contributed by atoms with Crippen LogP contribution in [0.5, 0.6) is 0 Å². The molecule has 5 nitrogen and oxygen atoms in total. The molecule has 2 rings (SSSR count). The van der Waals surface area contributed by atoms with Crippen LogP contribution >= 0.6 is 24.8 Å². The molecule has 0 spiro atoms. The molecule has 1 aliphatic heterocycles. The van der Waals surface area contributed by atoms with Crippen molar-refractivity contribution in [2.24, 2.45) is 5.73 Å². The summed E-state index contributed by atoms with van der Waals surface area (Å²) < 4.78 is 18.9. The Kier molecular flexibility index (Phi) is 10.1. The maximum Gasteiger partial charge on any atom is 0.225 e. The monoisotopic (exact) mass is 367 g/mol. The van der Waals surface area contributed by atoms with Crippen molar-refractivity contribution in [3.05, 3.63) is 30.1 Å². The molecule has 1 aliphatic rings. The molecule has 0 aromatic heterocycles. The smallest absolute Gasteiger partial charge is 0.225 e. The molecular weight excluding hydrogens is 344 g/mol. The number of nitrogens with two attached hydrogens (primary N) is 1. The summed E-state index contributed by atoms with van der Waals surface area (Å²) in [6, 6.07) is 6.72. The minimum atomic E-state index is -0.234. The summed E-state index contributed by atoms with van der Waals surface area (Å²) in [7, 11) is 1.56. The zero-order valence-electron chi connectivity index (χ0n) is 13.1. The molecule has 1 aromatic rings. The first-order valence-electron chi connectivity index (χ1n) is 7.15. The first kappa shape index (κ1) is 21.9. The fraction of sp³-hybridized carbons (Fsp3) is 0.533. The van der Waals surface area contributed by atoms with E-state index in [-0.39, 0.29) is 42.6 Å². The molecule has 0 saturated carbocycles. The van der Waals surface area contributed by atoms with Gasteiger partial charge in [-0.1, -0.05) is 12.1 Å². The number of piperazine rings is 1. The average Bonchev–Trinajstić information content (AvgIpc) is 2.53. The Bertz CT molecular complexity index is 482. The molecule has 1 atom stereocenters. The lowest BCUT2D eigenvalue weighted by molar-refractivity contribution is -0.133. The van der Waals surface area contributed by atoms with Gasteiger partial charge in [-0.3, -0.25) is 4.79 Å². The number of hydrogen-bond donors (Lipinski definition) is 1. The number of nitrogens with zero attached hydrogens (tertiary/aromatic N) is 2. The molecule has 1 amide bonds. The van der Waals surface area contributed by atoms with Gasteiger partial charge in [-0.2, -0.15) is 0 Å². The van der Waals surface area contributed by atoms with Crippen LogP contribution in [-0.4, -0.2) is 56.7 Å². The molecule has 1 saturated heterocycles. The van der Waals surface area contributed by atoms with Gasteiger partial charge in [0.2, 0.25) is 5.91 Å². The van der Waals surface area contributed by atoms with Gasteiger partial charge < -0.3 is 20.3 Å². The number of rotatable bonds is 5. The number of carbonyl (C=O) groups excluding carboxylic acids is 1. The second-order valence-corrected chi connectivity index (χ2v) is 5.12. The Labute approximate surface area is 148 Å². The van der Waals surface area contributed by atoms with E-state index in [1.54, 1.807) is 24.1 Å². The fourth-order valence-electron chi connectivity index (χ4n) is 2.49. The predicted molar refractivity (Wildman–Crippen MR) is 94.2 cm³/mol. The van der Waals surface area contributed by atoms with Crippen molar-refractivity contribution in [3.63, 3.8) is 0 Å². The summed E-state index contributed by atoms with van der Waals surface area (Å²) in [6.07, 6.45) is 0.0641. The molecule has 132 valence electrons. The van der Waals surface area contributed by atoms with Gasteiger partial charge in [0.05, 0.1) is 18.2 Å². The summed E-state index contributed by atoms with van der Waals surface area (Å²) in [4.78, 5) is 15.9. The third kappa shape index (κ3) is 5.80. The topological polar surface area (TPSA) is 58.8 Å². The van der Waals surface area contributed by atoms with E-state index in [4.69, 9.17) is 10.5 Å². The first-order valence-corrected chi connectivity index (χ1v) is 7.15. The predicted octanol–water partition coefficient (Wildman–Crippen LogP) is 1.68. The van der Waals surface area contributed by atoms with E-state index in [0.29, 0.717) is 44.8 Å². The third-order valence-electron chi connectivity index (χ3n) is 3.82. The van der Waals surface area contributed by atoms with E-state index in [0.717, 1.165) is 0 Å². The van der Waals surface area contributed by atoms with Crippen molar-refractivity contribution in [1.82, 2.24) is 4.90 Å². The number of benzene rings is 1. The number of amides is 1. The van der Waals surface area contributed by atoms with Crippen LogP contribution in [0.3, 0.4) is 0 Å². The van der Waals surface area contributed by atoms with Crippen LogP contribution in [0.2, 0.25) is 0 Å². The van der Waals surface area contributed by atoms with Crippen molar-refractivity contribution >= 4 is 36.4 Å². The summed E-state index contributed by atoms with van der Waals surface area (Å²) in [5.41, 5.74) is 6.13. The number of para-hydroxylation sites is 1. The van der Waals surface area contributed by atoms with Gasteiger partial charge in [-0.05, 0) is 12.1 Å². The Morgan fingerprint density at radius 3 is 2.39 bits per heavy atom. The molecular formula is C15H24Cl2FN3O2. The van der Waals surface area contributed by atoms with Crippen molar-refractivity contribution in [2.75, 3.05) is 44.7 Å². The van der Waals surface area contributed by atoms with Gasteiger partial charge in [0.25, 0.3) is 0 Å². The Morgan fingerprint density at radius 1 is 1.26 bits per heavy atom. The number of anilines is 1. The molecule has 0 bridgehead atoms. The van der Waals surface area contributed by atoms with E-state index in [1.807, 2.05) is 11.0 Å². The van der Waals surface area contributed by atoms with Crippen LogP contribution in [0.1, 0.15) is 6.42 Å². The summed E-state index contributed by atoms with van der Waals surface area (Å²) in [6.45, 7) is 2.78. The molecule has 23 heavy (non-hydrogen) atoms. The third-order valence-corrected chi connectivity index (χ3v) is 3.82. The van der Waals surface area contributed by atoms with Crippen molar-refractivity contribution in [1.29, 1.82) is 0 Å². The van der Waals surface area contributed by atoms with E-state index in [2.05, 4.69) is 0 Å². The van der Waals surface area contributed by atoms with Gasteiger partial charge in [0.15, 0.2) is 0 Å². The molecule has 2 N–H and O–H groups in total.